The molecule has 0 heterocycles. The van der Waals surface area contributed by atoms with Crippen molar-refractivity contribution in [2.75, 3.05) is 5.73 Å². The average Bonchev–Trinajstić information content (AvgIpc) is 2.67. The van der Waals surface area contributed by atoms with Crippen LogP contribution in [0.2, 0.25) is 0 Å². The Kier molecular flexibility index (Phi) is 5.32. The first-order valence-corrected chi connectivity index (χ1v) is 7.99. The van der Waals surface area contributed by atoms with E-state index >= 15 is 0 Å². The van der Waals surface area contributed by atoms with Gasteiger partial charge in [-0.05, 0) is 41.5 Å². The van der Waals surface area contributed by atoms with E-state index in [-0.39, 0.29) is 12.6 Å². The van der Waals surface area contributed by atoms with Crippen molar-refractivity contribution < 1.29 is 14.3 Å². The van der Waals surface area contributed by atoms with Crippen LogP contribution in [0.3, 0.4) is 0 Å². The van der Waals surface area contributed by atoms with Gasteiger partial charge in [0.05, 0.1) is 5.56 Å². The van der Waals surface area contributed by atoms with E-state index in [2.05, 4.69) is 0 Å². The summed E-state index contributed by atoms with van der Waals surface area (Å²) in [5.74, 6) is 0.243. The number of rotatable bonds is 6. The van der Waals surface area contributed by atoms with Crippen LogP contribution in [0.4, 0.5) is 5.69 Å². The summed E-state index contributed by atoms with van der Waals surface area (Å²) in [5, 5.41) is 0. The minimum absolute atomic E-state index is 0.246. The lowest BCUT2D eigenvalue weighted by Gasteiger charge is -2.09. The number of hydrogen-bond donors (Lipinski definition) is 1. The first kappa shape index (κ1) is 16.6. The summed E-state index contributed by atoms with van der Waals surface area (Å²) < 4.78 is 11.1. The maximum Gasteiger partial charge on any atom is 0.338 e. The fourth-order valence-corrected chi connectivity index (χ4v) is 2.30. The van der Waals surface area contributed by atoms with Gasteiger partial charge in [0.25, 0.3) is 0 Å². The highest BCUT2D eigenvalue weighted by Crippen LogP contribution is 2.17. The Hall–Kier alpha value is -3.27. The SMILES string of the molecule is Nc1ccc(COc2cccc(C(=O)OCc3ccccc3)c2)cc1. The molecule has 0 bridgehead atoms. The van der Waals surface area contributed by atoms with E-state index in [1.807, 2.05) is 60.7 Å². The number of benzene rings is 3. The molecule has 0 saturated heterocycles. The summed E-state index contributed by atoms with van der Waals surface area (Å²) in [4.78, 5) is 12.2. The van der Waals surface area contributed by atoms with Crippen molar-refractivity contribution in [3.8, 4) is 5.75 Å². The van der Waals surface area contributed by atoms with Gasteiger partial charge < -0.3 is 15.2 Å². The molecule has 0 saturated carbocycles. The molecule has 2 N–H and O–H groups in total. The maximum absolute atomic E-state index is 12.2. The van der Waals surface area contributed by atoms with Crippen LogP contribution in [0.1, 0.15) is 21.5 Å². The van der Waals surface area contributed by atoms with Crippen molar-refractivity contribution in [1.29, 1.82) is 0 Å². The molecular formula is C21H19NO3. The van der Waals surface area contributed by atoms with Crippen LogP contribution in [-0.2, 0) is 18.0 Å². The zero-order valence-corrected chi connectivity index (χ0v) is 13.7. The van der Waals surface area contributed by atoms with Gasteiger partial charge in [-0.1, -0.05) is 48.5 Å². The molecule has 4 heteroatoms. The van der Waals surface area contributed by atoms with Crippen LogP contribution in [0.5, 0.6) is 5.75 Å². The fourth-order valence-electron chi connectivity index (χ4n) is 2.30. The van der Waals surface area contributed by atoms with Gasteiger partial charge in [-0.25, -0.2) is 4.79 Å². The molecule has 3 aromatic carbocycles. The number of ether oxygens (including phenoxy) is 2. The minimum atomic E-state index is -0.373. The standard InChI is InChI=1S/C21H19NO3/c22-19-11-9-17(10-12-19)14-24-20-8-4-7-18(13-20)21(23)25-15-16-5-2-1-3-6-16/h1-13H,14-15,22H2. The van der Waals surface area contributed by atoms with Gasteiger partial charge in [-0.3, -0.25) is 0 Å². The molecule has 0 aliphatic heterocycles. The molecule has 3 aromatic rings. The van der Waals surface area contributed by atoms with Crippen LogP contribution in [0.25, 0.3) is 0 Å². The highest BCUT2D eigenvalue weighted by Gasteiger charge is 2.09. The average molecular weight is 333 g/mol. The highest BCUT2D eigenvalue weighted by atomic mass is 16.5. The van der Waals surface area contributed by atoms with E-state index in [9.17, 15) is 4.79 Å². The Morgan fingerprint density at radius 2 is 1.52 bits per heavy atom. The largest absolute Gasteiger partial charge is 0.489 e. The molecule has 0 amide bonds. The molecular weight excluding hydrogens is 314 g/mol. The van der Waals surface area contributed by atoms with Crippen LogP contribution in [0.15, 0.2) is 78.9 Å². The molecule has 0 radical (unpaired) electrons. The van der Waals surface area contributed by atoms with E-state index in [0.717, 1.165) is 11.1 Å². The number of nitrogen functional groups attached to an aromatic ring is 1. The molecule has 126 valence electrons. The summed E-state index contributed by atoms with van der Waals surface area (Å²) in [7, 11) is 0. The van der Waals surface area contributed by atoms with Gasteiger partial charge >= 0.3 is 5.97 Å². The Balaban J connectivity index is 1.58. The summed E-state index contributed by atoms with van der Waals surface area (Å²) in [6.45, 7) is 0.652. The molecule has 0 atom stereocenters. The summed E-state index contributed by atoms with van der Waals surface area (Å²) in [6, 6.07) is 24.0. The van der Waals surface area contributed by atoms with E-state index in [0.29, 0.717) is 23.6 Å². The lowest BCUT2D eigenvalue weighted by molar-refractivity contribution is 0.0472. The topological polar surface area (TPSA) is 61.5 Å². The van der Waals surface area contributed by atoms with Crippen molar-refractivity contribution in [2.24, 2.45) is 0 Å². The minimum Gasteiger partial charge on any atom is -0.489 e. The molecule has 0 aliphatic carbocycles. The quantitative estimate of drug-likeness (QED) is 0.542. The number of carbonyl (C=O) groups excluding carboxylic acids is 1. The zero-order valence-electron chi connectivity index (χ0n) is 13.7. The van der Waals surface area contributed by atoms with E-state index in [1.54, 1.807) is 18.2 Å². The van der Waals surface area contributed by atoms with Crippen LogP contribution in [-0.4, -0.2) is 5.97 Å². The lowest BCUT2D eigenvalue weighted by Crippen LogP contribution is -2.05. The highest BCUT2D eigenvalue weighted by molar-refractivity contribution is 5.89. The van der Waals surface area contributed by atoms with E-state index in [1.165, 1.54) is 0 Å². The van der Waals surface area contributed by atoms with E-state index < -0.39 is 0 Å². The molecule has 0 fully saturated rings. The Morgan fingerprint density at radius 1 is 0.800 bits per heavy atom. The van der Waals surface area contributed by atoms with Gasteiger partial charge in [0.15, 0.2) is 0 Å². The number of anilines is 1. The van der Waals surface area contributed by atoms with Crippen molar-refractivity contribution in [2.45, 2.75) is 13.2 Å². The van der Waals surface area contributed by atoms with Crippen molar-refractivity contribution >= 4 is 11.7 Å². The maximum atomic E-state index is 12.2. The number of hydrogen-bond acceptors (Lipinski definition) is 4. The molecule has 3 rings (SSSR count). The molecule has 4 nitrogen and oxygen atoms in total. The Labute approximate surface area is 146 Å². The summed E-state index contributed by atoms with van der Waals surface area (Å²) in [6.07, 6.45) is 0. The van der Waals surface area contributed by atoms with Crippen molar-refractivity contribution in [1.82, 2.24) is 0 Å². The van der Waals surface area contributed by atoms with Crippen molar-refractivity contribution in [3.63, 3.8) is 0 Å². The predicted octanol–water partition coefficient (Wildman–Crippen LogP) is 4.20. The third-order valence-electron chi connectivity index (χ3n) is 3.67. The number of nitrogens with two attached hydrogens (primary N) is 1. The second-order valence-electron chi connectivity index (χ2n) is 5.62. The van der Waals surface area contributed by atoms with Crippen molar-refractivity contribution in [3.05, 3.63) is 95.6 Å². The molecule has 0 aliphatic rings. The predicted molar refractivity (Wildman–Crippen MR) is 97.2 cm³/mol. The van der Waals surface area contributed by atoms with Gasteiger partial charge in [0.1, 0.15) is 19.0 Å². The number of esters is 1. The monoisotopic (exact) mass is 333 g/mol. The van der Waals surface area contributed by atoms with Gasteiger partial charge in [0, 0.05) is 5.69 Å². The smallest absolute Gasteiger partial charge is 0.338 e. The second-order valence-corrected chi connectivity index (χ2v) is 5.62. The Morgan fingerprint density at radius 3 is 2.28 bits per heavy atom. The van der Waals surface area contributed by atoms with Crippen LogP contribution in [0, 0.1) is 0 Å². The summed E-state index contributed by atoms with van der Waals surface area (Å²) >= 11 is 0. The van der Waals surface area contributed by atoms with Gasteiger partial charge in [-0.15, -0.1) is 0 Å². The molecule has 0 aromatic heterocycles. The first-order valence-electron chi connectivity index (χ1n) is 7.99. The van der Waals surface area contributed by atoms with Gasteiger partial charge in [-0.2, -0.15) is 0 Å². The molecule has 0 spiro atoms. The zero-order chi connectivity index (χ0) is 17.5. The van der Waals surface area contributed by atoms with Crippen LogP contribution >= 0.6 is 0 Å². The third kappa shape index (κ3) is 4.85. The molecule has 25 heavy (non-hydrogen) atoms. The first-order chi connectivity index (χ1) is 12.2. The second kappa shape index (κ2) is 8.02. The van der Waals surface area contributed by atoms with Gasteiger partial charge in [0.2, 0.25) is 0 Å². The number of carbonyl (C=O) groups is 1. The third-order valence-corrected chi connectivity index (χ3v) is 3.67. The normalized spacial score (nSPS) is 10.2. The Bertz CT molecular complexity index is 829. The summed E-state index contributed by atoms with van der Waals surface area (Å²) in [5.41, 5.74) is 8.80. The van der Waals surface area contributed by atoms with E-state index in [4.69, 9.17) is 15.2 Å². The van der Waals surface area contributed by atoms with Crippen LogP contribution < -0.4 is 10.5 Å². The fraction of sp³-hybridized carbons (Fsp3) is 0.0952. The molecule has 0 unspecified atom stereocenters. The lowest BCUT2D eigenvalue weighted by atomic mass is 10.2.